The van der Waals surface area contributed by atoms with E-state index in [-0.39, 0.29) is 24.5 Å². The van der Waals surface area contributed by atoms with Gasteiger partial charge in [-0.05, 0) is 30.7 Å². The van der Waals surface area contributed by atoms with E-state index in [1.807, 2.05) is 51.1 Å². The summed E-state index contributed by atoms with van der Waals surface area (Å²) < 4.78 is 5.26. The predicted molar refractivity (Wildman–Crippen MR) is 104 cm³/mol. The highest BCUT2D eigenvalue weighted by atomic mass is 16.5. The van der Waals surface area contributed by atoms with Crippen LogP contribution in [0.5, 0.6) is 0 Å². The molecule has 1 saturated heterocycles. The van der Waals surface area contributed by atoms with Gasteiger partial charge in [0, 0.05) is 6.54 Å². The van der Waals surface area contributed by atoms with Crippen molar-refractivity contribution in [2.24, 2.45) is 5.92 Å². The summed E-state index contributed by atoms with van der Waals surface area (Å²) in [6.07, 6.45) is 2.11. The smallest absolute Gasteiger partial charge is 0.408 e. The van der Waals surface area contributed by atoms with Crippen LogP contribution in [0.1, 0.15) is 52.0 Å². The lowest BCUT2D eigenvalue weighted by molar-refractivity contribution is -0.137. The molecule has 1 aromatic rings. The third-order valence-corrected chi connectivity index (χ3v) is 5.03. The van der Waals surface area contributed by atoms with Gasteiger partial charge in [0.2, 0.25) is 5.91 Å². The highest BCUT2D eigenvalue weighted by Gasteiger charge is 2.38. The Morgan fingerprint density at radius 2 is 2.00 bits per heavy atom. The molecule has 1 aromatic carbocycles. The zero-order valence-electron chi connectivity index (χ0n) is 16.6. The molecule has 0 bridgehead atoms. The van der Waals surface area contributed by atoms with Gasteiger partial charge in [0.15, 0.2) is 0 Å². The van der Waals surface area contributed by atoms with E-state index in [4.69, 9.17) is 4.74 Å². The molecule has 0 unspecified atom stereocenters. The van der Waals surface area contributed by atoms with E-state index in [0.717, 1.165) is 24.8 Å². The van der Waals surface area contributed by atoms with Crippen molar-refractivity contribution in [3.63, 3.8) is 0 Å². The van der Waals surface area contributed by atoms with E-state index in [1.54, 1.807) is 4.90 Å². The molecule has 6 nitrogen and oxygen atoms in total. The van der Waals surface area contributed by atoms with Crippen LogP contribution in [0.25, 0.3) is 0 Å². The van der Waals surface area contributed by atoms with Gasteiger partial charge in [0.25, 0.3) is 0 Å². The number of alkyl carbamates (subject to hydrolysis) is 1. The normalized spacial score (nSPS) is 19.0. The number of likely N-dealkylation sites (tertiary alicyclic amines) is 1. The number of hydrogen-bond donors (Lipinski definition) is 2. The molecule has 0 radical (unpaired) electrons. The molecule has 1 heterocycles. The van der Waals surface area contributed by atoms with Gasteiger partial charge in [-0.25, -0.2) is 4.79 Å². The average molecular weight is 376 g/mol. The van der Waals surface area contributed by atoms with Crippen molar-refractivity contribution in [1.29, 1.82) is 0 Å². The van der Waals surface area contributed by atoms with Crippen LogP contribution < -0.4 is 5.32 Å². The fraction of sp³-hybridized carbons (Fsp3) is 0.619. The predicted octanol–water partition coefficient (Wildman–Crippen LogP) is 3.09. The maximum atomic E-state index is 13.1. The summed E-state index contributed by atoms with van der Waals surface area (Å²) in [4.78, 5) is 27.0. The van der Waals surface area contributed by atoms with Crippen molar-refractivity contribution >= 4 is 12.0 Å². The van der Waals surface area contributed by atoms with E-state index in [1.165, 1.54) is 0 Å². The lowest BCUT2D eigenvalue weighted by Gasteiger charge is -2.33. The quantitative estimate of drug-likeness (QED) is 0.731. The van der Waals surface area contributed by atoms with E-state index in [9.17, 15) is 14.7 Å². The highest BCUT2D eigenvalue weighted by molar-refractivity contribution is 5.86. The molecule has 2 amide bonds. The molecule has 2 N–H and O–H groups in total. The minimum Gasteiger partial charge on any atom is -0.445 e. The minimum absolute atomic E-state index is 0.0775. The summed E-state index contributed by atoms with van der Waals surface area (Å²) in [6, 6.07) is 8.59. The summed E-state index contributed by atoms with van der Waals surface area (Å²) in [5.74, 6) is -0.217. The number of hydrogen-bond acceptors (Lipinski definition) is 4. The second-order valence-electron chi connectivity index (χ2n) is 7.52. The van der Waals surface area contributed by atoms with Crippen molar-refractivity contribution in [2.75, 3.05) is 6.54 Å². The van der Waals surface area contributed by atoms with Crippen LogP contribution in [0.2, 0.25) is 0 Å². The highest BCUT2D eigenvalue weighted by Crippen LogP contribution is 2.24. The van der Waals surface area contributed by atoms with Gasteiger partial charge in [0.1, 0.15) is 12.6 Å². The first-order valence-electron chi connectivity index (χ1n) is 9.89. The standard InChI is InChI=1S/C21H32N2O4/c1-4-9-18(24)17-12-8-13-23(17)20(25)19(15(2)3)22-21(26)27-14-16-10-6-5-7-11-16/h5-7,10-11,15,17-19,24H,4,8-9,12-14H2,1-3H3,(H,22,26)/t17-,18+,19-/m0/s1. The molecule has 0 aliphatic carbocycles. The molecule has 3 atom stereocenters. The van der Waals surface area contributed by atoms with Crippen LogP contribution in [-0.4, -0.2) is 46.7 Å². The number of rotatable bonds is 8. The molecule has 0 saturated carbocycles. The molecule has 0 aromatic heterocycles. The lowest BCUT2D eigenvalue weighted by atomic mass is 10.00. The Labute approximate surface area is 161 Å². The fourth-order valence-electron chi connectivity index (χ4n) is 3.54. The summed E-state index contributed by atoms with van der Waals surface area (Å²) in [5, 5.41) is 13.1. The van der Waals surface area contributed by atoms with Crippen LogP contribution in [-0.2, 0) is 16.1 Å². The zero-order chi connectivity index (χ0) is 19.8. The third kappa shape index (κ3) is 5.96. The number of carbonyl (C=O) groups is 2. The SMILES string of the molecule is CCC[C@@H](O)[C@@H]1CCCN1C(=O)[C@@H](NC(=O)OCc1ccccc1)C(C)C. The Balaban J connectivity index is 1.96. The van der Waals surface area contributed by atoms with Gasteiger partial charge in [-0.15, -0.1) is 0 Å². The van der Waals surface area contributed by atoms with Gasteiger partial charge < -0.3 is 20.1 Å². The molecule has 6 heteroatoms. The van der Waals surface area contributed by atoms with E-state index >= 15 is 0 Å². The van der Waals surface area contributed by atoms with Crippen LogP contribution in [0.4, 0.5) is 4.79 Å². The summed E-state index contributed by atoms with van der Waals surface area (Å²) >= 11 is 0. The molecule has 1 aliphatic rings. The van der Waals surface area contributed by atoms with Gasteiger partial charge in [-0.2, -0.15) is 0 Å². The Kier molecular flexibility index (Phi) is 8.10. The van der Waals surface area contributed by atoms with Crippen molar-refractivity contribution in [1.82, 2.24) is 10.2 Å². The molecular formula is C21H32N2O4. The Hall–Kier alpha value is -2.08. The number of aliphatic hydroxyl groups excluding tert-OH is 1. The summed E-state index contributed by atoms with van der Waals surface area (Å²) in [5.41, 5.74) is 0.891. The molecule has 1 aliphatic heterocycles. The molecule has 0 spiro atoms. The number of ether oxygens (including phenoxy) is 1. The first kappa shape index (κ1) is 21.2. The first-order chi connectivity index (χ1) is 12.9. The second-order valence-corrected chi connectivity index (χ2v) is 7.52. The molecule has 2 rings (SSSR count). The maximum Gasteiger partial charge on any atom is 0.408 e. The van der Waals surface area contributed by atoms with Crippen molar-refractivity contribution < 1.29 is 19.4 Å². The van der Waals surface area contributed by atoms with Crippen LogP contribution >= 0.6 is 0 Å². The summed E-state index contributed by atoms with van der Waals surface area (Å²) in [6.45, 7) is 6.59. The Morgan fingerprint density at radius 3 is 2.63 bits per heavy atom. The fourth-order valence-corrected chi connectivity index (χ4v) is 3.54. The molecule has 27 heavy (non-hydrogen) atoms. The van der Waals surface area contributed by atoms with Gasteiger partial charge in [0.05, 0.1) is 12.1 Å². The molecule has 150 valence electrons. The third-order valence-electron chi connectivity index (χ3n) is 5.03. The average Bonchev–Trinajstić information content (AvgIpc) is 3.14. The van der Waals surface area contributed by atoms with Crippen LogP contribution in [0.15, 0.2) is 30.3 Å². The number of aliphatic hydroxyl groups is 1. The lowest BCUT2D eigenvalue weighted by Crippen LogP contribution is -2.54. The van der Waals surface area contributed by atoms with Crippen LogP contribution in [0.3, 0.4) is 0 Å². The second kappa shape index (κ2) is 10.3. The van der Waals surface area contributed by atoms with Gasteiger partial charge in [-0.1, -0.05) is 57.5 Å². The number of carbonyl (C=O) groups excluding carboxylic acids is 2. The zero-order valence-corrected chi connectivity index (χ0v) is 16.6. The van der Waals surface area contributed by atoms with E-state index in [2.05, 4.69) is 5.32 Å². The topological polar surface area (TPSA) is 78.9 Å². The number of nitrogens with one attached hydrogen (secondary N) is 1. The molecular weight excluding hydrogens is 344 g/mol. The van der Waals surface area contributed by atoms with Crippen molar-refractivity contribution in [3.8, 4) is 0 Å². The minimum atomic E-state index is -0.664. The Morgan fingerprint density at radius 1 is 1.30 bits per heavy atom. The summed E-state index contributed by atoms with van der Waals surface area (Å²) in [7, 11) is 0. The van der Waals surface area contributed by atoms with Gasteiger partial charge >= 0.3 is 6.09 Å². The largest absolute Gasteiger partial charge is 0.445 e. The number of nitrogens with zero attached hydrogens (tertiary/aromatic N) is 1. The van der Waals surface area contributed by atoms with E-state index in [0.29, 0.717) is 13.0 Å². The monoisotopic (exact) mass is 376 g/mol. The Bertz CT molecular complexity index is 605. The molecule has 1 fully saturated rings. The van der Waals surface area contributed by atoms with Gasteiger partial charge in [-0.3, -0.25) is 4.79 Å². The number of benzene rings is 1. The van der Waals surface area contributed by atoms with E-state index < -0.39 is 18.2 Å². The van der Waals surface area contributed by atoms with Crippen molar-refractivity contribution in [3.05, 3.63) is 35.9 Å². The maximum absolute atomic E-state index is 13.1. The first-order valence-corrected chi connectivity index (χ1v) is 9.89. The van der Waals surface area contributed by atoms with Crippen molar-refractivity contribution in [2.45, 2.75) is 71.2 Å². The van der Waals surface area contributed by atoms with Crippen LogP contribution in [0, 0.1) is 5.92 Å². The number of amides is 2.